The largest absolute Gasteiger partial charge is 0.251 e. The highest BCUT2D eigenvalue weighted by Gasteiger charge is 2.09. The van der Waals surface area contributed by atoms with Crippen molar-refractivity contribution in [1.82, 2.24) is 4.98 Å². The van der Waals surface area contributed by atoms with Crippen LogP contribution in [0.25, 0.3) is 21.5 Å². The fraction of sp³-hybridized carbons (Fsp3) is 0.129. The first kappa shape index (κ1) is 21.7. The number of aromatic nitrogens is 1. The van der Waals surface area contributed by atoms with E-state index in [0.717, 1.165) is 56.1 Å². The molecule has 0 spiro atoms. The molecule has 166 valence electrons. The molecule has 0 aliphatic carbocycles. The summed E-state index contributed by atoms with van der Waals surface area (Å²) in [6, 6.07) is 31.3. The maximum atomic E-state index is 5.01. The zero-order valence-corrected chi connectivity index (χ0v) is 20.0. The van der Waals surface area contributed by atoms with Crippen LogP contribution in [0.4, 0.5) is 11.4 Å². The van der Waals surface area contributed by atoms with Crippen molar-refractivity contribution in [2.24, 2.45) is 9.98 Å². The molecule has 0 aliphatic heterocycles. The van der Waals surface area contributed by atoms with E-state index in [-0.39, 0.29) is 0 Å². The van der Waals surface area contributed by atoms with Gasteiger partial charge in [0.1, 0.15) is 0 Å². The summed E-state index contributed by atoms with van der Waals surface area (Å²) in [6.07, 6.45) is 0. The Hall–Kier alpha value is -4.11. The molecule has 5 rings (SSSR count). The standard InChI is InChI=1S/C31H27N3/c1-20-16-18-24-10-5-7-12-26(24)30(20)32-22(3)28-14-9-15-29(34-28)23(4)33-31-21(2)17-19-25-11-6-8-13-27(25)31/h5-19H,1-4H3. The van der Waals surface area contributed by atoms with Gasteiger partial charge in [0.15, 0.2) is 0 Å². The lowest BCUT2D eigenvalue weighted by molar-refractivity contribution is 1.24. The van der Waals surface area contributed by atoms with Gasteiger partial charge >= 0.3 is 0 Å². The molecule has 0 saturated heterocycles. The maximum Gasteiger partial charge on any atom is 0.0849 e. The number of fused-ring (bicyclic) bond motifs is 2. The lowest BCUT2D eigenvalue weighted by Gasteiger charge is -2.10. The molecule has 0 aliphatic rings. The molecule has 0 atom stereocenters. The molecule has 0 unspecified atom stereocenters. The molecule has 0 fully saturated rings. The van der Waals surface area contributed by atoms with E-state index in [9.17, 15) is 0 Å². The van der Waals surface area contributed by atoms with Gasteiger partial charge in [-0.3, -0.25) is 9.98 Å². The number of rotatable bonds is 4. The monoisotopic (exact) mass is 441 g/mol. The lowest BCUT2D eigenvalue weighted by atomic mass is 10.0. The highest BCUT2D eigenvalue weighted by molar-refractivity contribution is 6.06. The van der Waals surface area contributed by atoms with Gasteiger partial charge in [-0.15, -0.1) is 0 Å². The number of pyridine rings is 1. The van der Waals surface area contributed by atoms with Gasteiger partial charge in [0.2, 0.25) is 0 Å². The Labute approximate surface area is 200 Å². The minimum atomic E-state index is 0.856. The van der Waals surface area contributed by atoms with Crippen LogP contribution in [0.1, 0.15) is 36.4 Å². The quantitative estimate of drug-likeness (QED) is 0.259. The Kier molecular flexibility index (Phi) is 5.77. The molecule has 4 aromatic carbocycles. The summed E-state index contributed by atoms with van der Waals surface area (Å²) < 4.78 is 0. The van der Waals surface area contributed by atoms with Gasteiger partial charge in [-0.1, -0.05) is 78.9 Å². The second kappa shape index (κ2) is 9.03. The maximum absolute atomic E-state index is 5.01. The molecule has 3 heteroatoms. The number of aliphatic imine (C=N–C) groups is 2. The molecule has 1 aromatic heterocycles. The van der Waals surface area contributed by atoms with Crippen LogP contribution < -0.4 is 0 Å². The smallest absolute Gasteiger partial charge is 0.0849 e. The second-order valence-corrected chi connectivity index (χ2v) is 8.71. The van der Waals surface area contributed by atoms with Crippen LogP contribution in [0.15, 0.2) is 101 Å². The van der Waals surface area contributed by atoms with Gasteiger partial charge in [-0.05, 0) is 61.7 Å². The third-order valence-electron chi connectivity index (χ3n) is 6.25. The van der Waals surface area contributed by atoms with E-state index < -0.39 is 0 Å². The van der Waals surface area contributed by atoms with Crippen molar-refractivity contribution in [2.45, 2.75) is 27.7 Å². The van der Waals surface area contributed by atoms with Crippen molar-refractivity contribution >= 4 is 44.3 Å². The van der Waals surface area contributed by atoms with Crippen molar-refractivity contribution in [1.29, 1.82) is 0 Å². The molecular weight excluding hydrogens is 414 g/mol. The van der Waals surface area contributed by atoms with Crippen molar-refractivity contribution in [3.05, 3.63) is 114 Å². The summed E-state index contributed by atoms with van der Waals surface area (Å²) >= 11 is 0. The average molecular weight is 442 g/mol. The first-order valence-electron chi connectivity index (χ1n) is 11.6. The molecule has 3 nitrogen and oxygen atoms in total. The summed E-state index contributed by atoms with van der Waals surface area (Å²) in [5.74, 6) is 0. The highest BCUT2D eigenvalue weighted by Crippen LogP contribution is 2.31. The zero-order valence-electron chi connectivity index (χ0n) is 20.0. The third kappa shape index (κ3) is 4.13. The van der Waals surface area contributed by atoms with E-state index in [0.29, 0.717) is 0 Å². The summed E-state index contributed by atoms with van der Waals surface area (Å²) in [6.45, 7) is 8.25. The van der Waals surface area contributed by atoms with Crippen molar-refractivity contribution < 1.29 is 0 Å². The van der Waals surface area contributed by atoms with Crippen LogP contribution in [-0.2, 0) is 0 Å². The first-order valence-corrected chi connectivity index (χ1v) is 11.6. The van der Waals surface area contributed by atoms with E-state index in [1.807, 2.05) is 32.0 Å². The van der Waals surface area contributed by atoms with Crippen molar-refractivity contribution in [3.63, 3.8) is 0 Å². The topological polar surface area (TPSA) is 37.6 Å². The third-order valence-corrected chi connectivity index (χ3v) is 6.25. The molecule has 0 amide bonds. The number of benzene rings is 4. The number of nitrogens with zero attached hydrogens (tertiary/aromatic N) is 3. The number of aryl methyl sites for hydroxylation is 2. The minimum absolute atomic E-state index is 0.856. The molecule has 0 N–H and O–H groups in total. The SMILES string of the molecule is CC(=Nc1c(C)ccc2ccccc12)c1cccc(C(C)=Nc2c(C)ccc3ccccc23)n1. The van der Waals surface area contributed by atoms with Crippen LogP contribution in [-0.4, -0.2) is 16.4 Å². The summed E-state index contributed by atoms with van der Waals surface area (Å²) in [5.41, 5.74) is 7.78. The molecule has 34 heavy (non-hydrogen) atoms. The van der Waals surface area contributed by atoms with E-state index in [1.165, 1.54) is 10.8 Å². The van der Waals surface area contributed by atoms with E-state index in [2.05, 4.69) is 86.6 Å². The summed E-state index contributed by atoms with van der Waals surface area (Å²) in [5, 5.41) is 4.69. The Balaban J connectivity index is 1.55. The molecule has 1 heterocycles. The minimum Gasteiger partial charge on any atom is -0.251 e. The lowest BCUT2D eigenvalue weighted by Crippen LogP contribution is -2.05. The van der Waals surface area contributed by atoms with Gasteiger partial charge in [0.05, 0.1) is 34.2 Å². The molecule has 5 aromatic rings. The van der Waals surface area contributed by atoms with Gasteiger partial charge in [-0.2, -0.15) is 0 Å². The van der Waals surface area contributed by atoms with Crippen LogP contribution in [0.5, 0.6) is 0 Å². The second-order valence-electron chi connectivity index (χ2n) is 8.71. The Morgan fingerprint density at radius 3 is 1.44 bits per heavy atom. The van der Waals surface area contributed by atoms with Crippen LogP contribution in [0.3, 0.4) is 0 Å². The van der Waals surface area contributed by atoms with Crippen molar-refractivity contribution in [2.75, 3.05) is 0 Å². The number of hydrogen-bond acceptors (Lipinski definition) is 3. The summed E-state index contributed by atoms with van der Waals surface area (Å²) in [7, 11) is 0. The van der Waals surface area contributed by atoms with Gasteiger partial charge in [0, 0.05) is 10.8 Å². The van der Waals surface area contributed by atoms with E-state index >= 15 is 0 Å². The molecule has 0 bridgehead atoms. The summed E-state index contributed by atoms with van der Waals surface area (Å²) in [4.78, 5) is 14.9. The predicted octanol–water partition coefficient (Wildman–Crippen LogP) is 8.29. The van der Waals surface area contributed by atoms with Crippen LogP contribution >= 0.6 is 0 Å². The predicted molar refractivity (Wildman–Crippen MR) is 145 cm³/mol. The van der Waals surface area contributed by atoms with Gasteiger partial charge < -0.3 is 0 Å². The van der Waals surface area contributed by atoms with Crippen LogP contribution in [0.2, 0.25) is 0 Å². The van der Waals surface area contributed by atoms with Crippen LogP contribution in [0, 0.1) is 13.8 Å². The normalized spacial score (nSPS) is 12.5. The first-order chi connectivity index (χ1) is 16.5. The van der Waals surface area contributed by atoms with E-state index in [1.54, 1.807) is 0 Å². The molecule has 0 radical (unpaired) electrons. The highest BCUT2D eigenvalue weighted by atomic mass is 14.8. The van der Waals surface area contributed by atoms with Gasteiger partial charge in [0.25, 0.3) is 0 Å². The Morgan fingerprint density at radius 2 is 0.971 bits per heavy atom. The molecular formula is C31H27N3. The Bertz CT molecular complexity index is 1480. The zero-order chi connectivity index (χ0) is 23.7. The van der Waals surface area contributed by atoms with Crippen molar-refractivity contribution in [3.8, 4) is 0 Å². The van der Waals surface area contributed by atoms with E-state index in [4.69, 9.17) is 15.0 Å². The Morgan fingerprint density at radius 1 is 0.529 bits per heavy atom. The fourth-order valence-corrected chi connectivity index (χ4v) is 4.31. The molecule has 0 saturated carbocycles. The number of hydrogen-bond donors (Lipinski definition) is 0. The average Bonchev–Trinajstić information content (AvgIpc) is 2.87. The fourth-order valence-electron chi connectivity index (χ4n) is 4.31. The van der Waals surface area contributed by atoms with Gasteiger partial charge in [-0.25, -0.2) is 4.98 Å².